The summed E-state index contributed by atoms with van der Waals surface area (Å²) in [4.78, 5) is 49.0. The molecule has 2 aliphatic rings. The molecule has 0 fully saturated rings. The molecule has 0 aromatic rings. The van der Waals surface area contributed by atoms with Crippen molar-refractivity contribution in [3.63, 3.8) is 0 Å². The molecule has 0 bridgehead atoms. The Labute approximate surface area is 208 Å². The highest BCUT2D eigenvalue weighted by molar-refractivity contribution is 6.49. The number of aliphatic hydroxyl groups excluding tert-OH is 1. The number of Topliss-reactive ketones (excluding diaryl/α,β-unsaturated/α-hetero) is 2. The van der Waals surface area contributed by atoms with Gasteiger partial charge in [0.1, 0.15) is 17.6 Å². The van der Waals surface area contributed by atoms with Crippen LogP contribution in [0.15, 0.2) is 58.1 Å². The van der Waals surface area contributed by atoms with Crippen molar-refractivity contribution in [3.05, 3.63) is 58.1 Å². The van der Waals surface area contributed by atoms with Gasteiger partial charge >= 0.3 is 11.9 Å². The molecule has 0 radical (unpaired) electrons. The van der Waals surface area contributed by atoms with E-state index in [1.165, 1.54) is 32.1 Å². The van der Waals surface area contributed by atoms with Gasteiger partial charge in [-0.3, -0.25) is 14.4 Å². The predicted molar refractivity (Wildman–Crippen MR) is 126 cm³/mol. The van der Waals surface area contributed by atoms with Gasteiger partial charge in [-0.15, -0.1) is 0 Å². The number of carbonyl (C=O) groups excluding carboxylic acids is 3. The van der Waals surface area contributed by atoms with Crippen LogP contribution in [0.5, 0.6) is 0 Å². The molecule has 35 heavy (non-hydrogen) atoms. The number of halogens is 1. The third-order valence-corrected chi connectivity index (χ3v) is 6.28. The van der Waals surface area contributed by atoms with Crippen LogP contribution in [0.2, 0.25) is 0 Å². The molecule has 0 aromatic heterocycles. The minimum Gasteiger partial charge on any atom is -0.481 e. The van der Waals surface area contributed by atoms with Crippen molar-refractivity contribution in [1.82, 2.24) is 0 Å². The molecule has 9 nitrogen and oxygen atoms in total. The molecular weight excluding hydrogens is 480 g/mol. The number of esters is 1. The second-order valence-corrected chi connectivity index (χ2v) is 9.37. The summed E-state index contributed by atoms with van der Waals surface area (Å²) in [6, 6.07) is 0. The maximum Gasteiger partial charge on any atom is 0.332 e. The summed E-state index contributed by atoms with van der Waals surface area (Å²) in [5.74, 6) is -4.06. The highest BCUT2D eigenvalue weighted by Gasteiger charge is 2.52. The topological polar surface area (TPSA) is 147 Å². The first-order valence-electron chi connectivity index (χ1n) is 10.9. The van der Waals surface area contributed by atoms with E-state index in [-0.39, 0.29) is 33.4 Å². The Morgan fingerprint density at radius 3 is 2.51 bits per heavy atom. The quantitative estimate of drug-likeness (QED) is 0.243. The van der Waals surface area contributed by atoms with Crippen LogP contribution in [0.4, 0.5) is 0 Å². The van der Waals surface area contributed by atoms with Crippen LogP contribution < -0.4 is 0 Å². The van der Waals surface area contributed by atoms with Gasteiger partial charge in [0.15, 0.2) is 0 Å². The van der Waals surface area contributed by atoms with E-state index in [2.05, 4.69) is 0 Å². The third-order valence-electron chi connectivity index (χ3n) is 5.90. The molecule has 3 N–H and O–H groups in total. The molecule has 190 valence electrons. The zero-order valence-corrected chi connectivity index (χ0v) is 20.9. The average Bonchev–Trinajstić information content (AvgIpc) is 2.78. The Hall–Kier alpha value is -3.01. The number of aliphatic hydroxyl groups is 2. The fourth-order valence-corrected chi connectivity index (χ4v) is 3.88. The lowest BCUT2D eigenvalue weighted by Gasteiger charge is -2.33. The molecule has 0 amide bonds. The van der Waals surface area contributed by atoms with Gasteiger partial charge < -0.3 is 24.8 Å². The molecule has 2 rings (SSSR count). The molecule has 1 aliphatic carbocycles. The Morgan fingerprint density at radius 2 is 1.94 bits per heavy atom. The van der Waals surface area contributed by atoms with Crippen LogP contribution in [0.25, 0.3) is 0 Å². The zero-order valence-electron chi connectivity index (χ0n) is 20.1. The number of fused-ring (bicyclic) bond motifs is 1. The number of allylic oxidation sites excluding steroid dienone is 3. The van der Waals surface area contributed by atoms with Crippen LogP contribution in [-0.2, 0) is 28.7 Å². The summed E-state index contributed by atoms with van der Waals surface area (Å²) in [5, 5.41) is 29.4. The SMILES string of the molecule is CCC(C)C(O)C(C)(O)/C=C/C1=CC2=C(Cl)C(=O)[C@@](C)(OC(=O)/C=C(\C)CC(=O)O)C(=O)C2=CO1. The summed E-state index contributed by atoms with van der Waals surface area (Å²) >= 11 is 6.25. The Morgan fingerprint density at radius 1 is 1.31 bits per heavy atom. The van der Waals surface area contributed by atoms with Crippen LogP contribution in [-0.4, -0.2) is 56.1 Å². The van der Waals surface area contributed by atoms with E-state index in [9.17, 15) is 29.4 Å². The van der Waals surface area contributed by atoms with Crippen molar-refractivity contribution in [2.45, 2.75) is 64.8 Å². The number of hydrogen-bond acceptors (Lipinski definition) is 8. The Bertz CT molecular complexity index is 1090. The second kappa shape index (κ2) is 10.7. The van der Waals surface area contributed by atoms with E-state index < -0.39 is 47.2 Å². The largest absolute Gasteiger partial charge is 0.481 e. The Balaban J connectivity index is 2.33. The minimum absolute atomic E-state index is 0.0563. The fraction of sp³-hybridized carbons (Fsp3) is 0.440. The van der Waals surface area contributed by atoms with E-state index in [0.29, 0.717) is 6.42 Å². The first-order chi connectivity index (χ1) is 16.1. The number of carboxylic acid groups (broad SMARTS) is 1. The van der Waals surface area contributed by atoms with Gasteiger partial charge in [-0.2, -0.15) is 0 Å². The van der Waals surface area contributed by atoms with Gasteiger partial charge in [-0.1, -0.05) is 37.4 Å². The van der Waals surface area contributed by atoms with E-state index in [1.54, 1.807) is 6.92 Å². The molecule has 10 heteroatoms. The highest BCUT2D eigenvalue weighted by Crippen LogP contribution is 2.39. The Kier molecular flexibility index (Phi) is 8.65. The lowest BCUT2D eigenvalue weighted by molar-refractivity contribution is -0.165. The van der Waals surface area contributed by atoms with Crippen molar-refractivity contribution < 1.29 is 44.0 Å². The van der Waals surface area contributed by atoms with Crippen molar-refractivity contribution in [3.8, 4) is 0 Å². The summed E-state index contributed by atoms with van der Waals surface area (Å²) in [6.07, 6.45) is 5.20. The minimum atomic E-state index is -2.27. The van der Waals surface area contributed by atoms with Gasteiger partial charge in [0.2, 0.25) is 17.2 Å². The van der Waals surface area contributed by atoms with Crippen LogP contribution >= 0.6 is 11.6 Å². The van der Waals surface area contributed by atoms with E-state index >= 15 is 0 Å². The van der Waals surface area contributed by atoms with Gasteiger partial charge in [0.05, 0.1) is 23.1 Å². The second-order valence-electron chi connectivity index (χ2n) is 8.99. The summed E-state index contributed by atoms with van der Waals surface area (Å²) in [5.41, 5.74) is -3.71. The highest BCUT2D eigenvalue weighted by atomic mass is 35.5. The predicted octanol–water partition coefficient (Wildman–Crippen LogP) is 2.87. The summed E-state index contributed by atoms with van der Waals surface area (Å²) < 4.78 is 10.6. The molecule has 1 aliphatic heterocycles. The van der Waals surface area contributed by atoms with Crippen molar-refractivity contribution in [2.75, 3.05) is 0 Å². The number of ether oxygens (including phenoxy) is 2. The molecule has 0 saturated carbocycles. The van der Waals surface area contributed by atoms with Gasteiger partial charge in [-0.25, -0.2) is 4.79 Å². The fourth-order valence-electron chi connectivity index (χ4n) is 3.54. The normalized spacial score (nSPS) is 24.2. The van der Waals surface area contributed by atoms with Crippen molar-refractivity contribution in [1.29, 1.82) is 0 Å². The summed E-state index contributed by atoms with van der Waals surface area (Å²) in [7, 11) is 0. The lowest BCUT2D eigenvalue weighted by Crippen LogP contribution is -2.51. The number of aliphatic carboxylic acids is 1. The van der Waals surface area contributed by atoms with Crippen LogP contribution in [0.1, 0.15) is 47.5 Å². The number of rotatable bonds is 9. The molecule has 0 spiro atoms. The van der Waals surface area contributed by atoms with Crippen LogP contribution in [0, 0.1) is 5.92 Å². The number of carbonyl (C=O) groups is 4. The van der Waals surface area contributed by atoms with Gasteiger partial charge in [-0.05, 0) is 44.9 Å². The van der Waals surface area contributed by atoms with Gasteiger partial charge in [0.25, 0.3) is 0 Å². The van der Waals surface area contributed by atoms with E-state index in [0.717, 1.165) is 19.3 Å². The van der Waals surface area contributed by atoms with Crippen molar-refractivity contribution >= 4 is 35.1 Å². The third kappa shape index (κ3) is 6.17. The molecule has 4 atom stereocenters. The number of hydrogen-bond donors (Lipinski definition) is 3. The first kappa shape index (κ1) is 28.2. The standard InChI is InChI=1S/C25H29ClO9/c1-6-14(3)21(30)24(4,33)8-7-15-11-16-17(12-34-15)22(31)25(5,23(32)20(16)26)35-19(29)10-13(2)9-18(27)28/h7-8,10-12,14,21,30,33H,6,9H2,1-5H3,(H,27,28)/b8-7+,13-10+/t14?,21?,24?,25-/m0/s1. The number of ketones is 2. The van der Waals surface area contributed by atoms with Crippen molar-refractivity contribution in [2.24, 2.45) is 5.92 Å². The molecular formula is C25H29ClO9. The van der Waals surface area contributed by atoms with Gasteiger partial charge in [0, 0.05) is 11.6 Å². The average molecular weight is 509 g/mol. The maximum absolute atomic E-state index is 13.1. The monoisotopic (exact) mass is 508 g/mol. The maximum atomic E-state index is 13.1. The smallest absolute Gasteiger partial charge is 0.332 e. The summed E-state index contributed by atoms with van der Waals surface area (Å²) in [6.45, 7) is 7.62. The zero-order chi connectivity index (χ0) is 26.7. The first-order valence-corrected chi connectivity index (χ1v) is 11.3. The van der Waals surface area contributed by atoms with Crippen LogP contribution in [0.3, 0.4) is 0 Å². The molecule has 0 aromatic carbocycles. The molecule has 0 saturated heterocycles. The number of carboxylic acids is 1. The molecule has 3 unspecified atom stereocenters. The lowest BCUT2D eigenvalue weighted by atomic mass is 9.80. The molecule has 1 heterocycles. The van der Waals surface area contributed by atoms with E-state index in [4.69, 9.17) is 26.2 Å². The van der Waals surface area contributed by atoms with E-state index in [1.807, 2.05) is 6.92 Å².